The van der Waals surface area contributed by atoms with Gasteiger partial charge in [0.15, 0.2) is 0 Å². The minimum atomic E-state index is 0.0305. The molecule has 0 unspecified atom stereocenters. The Bertz CT molecular complexity index is 890. The number of piperidine rings is 1. The van der Waals surface area contributed by atoms with E-state index in [9.17, 15) is 4.79 Å². The Morgan fingerprint density at radius 3 is 2.93 bits per heavy atom. The van der Waals surface area contributed by atoms with Gasteiger partial charge in [-0.2, -0.15) is 5.10 Å². The standard InChI is InChI=1S/C22H26N4OS/c1-25(14-17-7-3-2-4-8-17)22(27)20-13-23-24-21(20)18-9-5-11-26(15-18)16-19-10-6-12-28-19/h2-4,6-8,10,12-13,18H,5,9,11,14-16H2,1H3,(H,23,24)/t18-/m0/s1. The number of nitrogens with zero attached hydrogens (tertiary/aromatic N) is 3. The predicted molar refractivity (Wildman–Crippen MR) is 112 cm³/mol. The molecular weight excluding hydrogens is 368 g/mol. The number of hydrogen-bond donors (Lipinski definition) is 1. The van der Waals surface area contributed by atoms with Crippen LogP contribution in [0.15, 0.2) is 54.0 Å². The van der Waals surface area contributed by atoms with Gasteiger partial charge in [-0.3, -0.25) is 14.8 Å². The lowest BCUT2D eigenvalue weighted by molar-refractivity contribution is 0.0782. The first-order valence-corrected chi connectivity index (χ1v) is 10.7. The minimum absolute atomic E-state index is 0.0305. The van der Waals surface area contributed by atoms with Gasteiger partial charge in [0.1, 0.15) is 0 Å². The van der Waals surface area contributed by atoms with Gasteiger partial charge in [-0.1, -0.05) is 36.4 Å². The molecule has 1 aliphatic heterocycles. The Balaban J connectivity index is 1.44. The van der Waals surface area contributed by atoms with Gasteiger partial charge in [0, 0.05) is 37.5 Å². The molecule has 0 aliphatic carbocycles. The van der Waals surface area contributed by atoms with Crippen molar-refractivity contribution in [1.29, 1.82) is 0 Å². The molecule has 28 heavy (non-hydrogen) atoms. The summed E-state index contributed by atoms with van der Waals surface area (Å²) in [6, 6.07) is 14.4. The van der Waals surface area contributed by atoms with Gasteiger partial charge < -0.3 is 4.90 Å². The van der Waals surface area contributed by atoms with Gasteiger partial charge in [-0.15, -0.1) is 11.3 Å². The molecule has 3 heterocycles. The Morgan fingerprint density at radius 1 is 1.29 bits per heavy atom. The molecule has 1 amide bonds. The van der Waals surface area contributed by atoms with Crippen LogP contribution in [0.25, 0.3) is 0 Å². The summed E-state index contributed by atoms with van der Waals surface area (Å²) in [4.78, 5) is 18.7. The zero-order chi connectivity index (χ0) is 19.3. The third kappa shape index (κ3) is 4.34. The van der Waals surface area contributed by atoms with Crippen LogP contribution in [0.2, 0.25) is 0 Å². The summed E-state index contributed by atoms with van der Waals surface area (Å²) in [6.07, 6.45) is 3.92. The highest BCUT2D eigenvalue weighted by atomic mass is 32.1. The number of thiophene rings is 1. The molecule has 1 aromatic carbocycles. The lowest BCUT2D eigenvalue weighted by atomic mass is 9.92. The van der Waals surface area contributed by atoms with Crippen LogP contribution >= 0.6 is 11.3 Å². The summed E-state index contributed by atoms with van der Waals surface area (Å²) in [6.45, 7) is 3.65. The van der Waals surface area contributed by atoms with Gasteiger partial charge in [0.05, 0.1) is 17.5 Å². The Morgan fingerprint density at radius 2 is 2.14 bits per heavy atom. The largest absolute Gasteiger partial charge is 0.337 e. The maximum Gasteiger partial charge on any atom is 0.257 e. The Labute approximate surface area is 170 Å². The zero-order valence-electron chi connectivity index (χ0n) is 16.2. The smallest absolute Gasteiger partial charge is 0.257 e. The average Bonchev–Trinajstić information content (AvgIpc) is 3.40. The molecule has 1 atom stereocenters. The van der Waals surface area contributed by atoms with Gasteiger partial charge in [0.25, 0.3) is 5.91 Å². The average molecular weight is 395 g/mol. The number of aromatic amines is 1. The van der Waals surface area contributed by atoms with E-state index >= 15 is 0 Å². The van der Waals surface area contributed by atoms with Crippen LogP contribution < -0.4 is 0 Å². The first-order valence-electron chi connectivity index (χ1n) is 9.78. The van der Waals surface area contributed by atoms with Crippen molar-refractivity contribution in [1.82, 2.24) is 20.0 Å². The van der Waals surface area contributed by atoms with Gasteiger partial charge in [-0.05, 0) is 36.4 Å². The number of benzene rings is 1. The van der Waals surface area contributed by atoms with E-state index in [1.54, 1.807) is 22.4 Å². The SMILES string of the molecule is CN(Cc1ccccc1)C(=O)c1cn[nH]c1[C@H]1CCCN(Cc2cccs2)C1. The van der Waals surface area contributed by atoms with E-state index in [1.165, 1.54) is 4.88 Å². The molecule has 2 aromatic heterocycles. The molecule has 1 fully saturated rings. The van der Waals surface area contributed by atoms with E-state index in [-0.39, 0.29) is 5.91 Å². The molecule has 4 rings (SSSR count). The van der Waals surface area contributed by atoms with Crippen molar-refractivity contribution in [2.24, 2.45) is 0 Å². The van der Waals surface area contributed by atoms with Crippen LogP contribution in [0.1, 0.15) is 45.3 Å². The molecule has 1 N–H and O–H groups in total. The normalized spacial score (nSPS) is 17.5. The first kappa shape index (κ1) is 18.9. The fourth-order valence-electron chi connectivity index (χ4n) is 3.97. The molecule has 3 aromatic rings. The molecular formula is C22H26N4OS. The van der Waals surface area contributed by atoms with Crippen LogP contribution in [0.4, 0.5) is 0 Å². The van der Waals surface area contributed by atoms with Crippen molar-refractivity contribution in [3.63, 3.8) is 0 Å². The quantitative estimate of drug-likeness (QED) is 0.684. The van der Waals surface area contributed by atoms with Crippen molar-refractivity contribution in [3.8, 4) is 0 Å². The lowest BCUT2D eigenvalue weighted by Crippen LogP contribution is -2.35. The predicted octanol–water partition coefficient (Wildman–Crippen LogP) is 4.12. The molecule has 0 bridgehead atoms. The molecule has 1 aliphatic rings. The van der Waals surface area contributed by atoms with Crippen molar-refractivity contribution >= 4 is 17.2 Å². The summed E-state index contributed by atoms with van der Waals surface area (Å²) in [5.41, 5.74) is 2.82. The number of carbonyl (C=O) groups excluding carboxylic acids is 1. The van der Waals surface area contributed by atoms with Crippen LogP contribution in [0.3, 0.4) is 0 Å². The molecule has 6 heteroatoms. The van der Waals surface area contributed by atoms with E-state index in [4.69, 9.17) is 0 Å². The summed E-state index contributed by atoms with van der Waals surface area (Å²) in [7, 11) is 1.86. The second-order valence-electron chi connectivity index (χ2n) is 7.50. The topological polar surface area (TPSA) is 52.2 Å². The molecule has 0 radical (unpaired) electrons. The Kier molecular flexibility index (Phi) is 5.88. The second-order valence-corrected chi connectivity index (χ2v) is 8.53. The summed E-state index contributed by atoms with van der Waals surface area (Å²) >= 11 is 1.81. The zero-order valence-corrected chi connectivity index (χ0v) is 17.0. The van der Waals surface area contributed by atoms with E-state index in [0.29, 0.717) is 18.0 Å². The van der Waals surface area contributed by atoms with Crippen LogP contribution in [0, 0.1) is 0 Å². The number of aromatic nitrogens is 2. The van der Waals surface area contributed by atoms with Gasteiger partial charge >= 0.3 is 0 Å². The van der Waals surface area contributed by atoms with E-state index in [0.717, 1.165) is 43.7 Å². The van der Waals surface area contributed by atoms with E-state index in [1.807, 2.05) is 37.4 Å². The van der Waals surface area contributed by atoms with E-state index in [2.05, 4.69) is 32.6 Å². The van der Waals surface area contributed by atoms with Crippen molar-refractivity contribution in [2.75, 3.05) is 20.1 Å². The number of likely N-dealkylation sites (tertiary alicyclic amines) is 1. The molecule has 5 nitrogen and oxygen atoms in total. The maximum absolute atomic E-state index is 13.1. The number of carbonyl (C=O) groups is 1. The highest BCUT2D eigenvalue weighted by molar-refractivity contribution is 7.09. The Hall–Kier alpha value is -2.44. The molecule has 146 valence electrons. The third-order valence-electron chi connectivity index (χ3n) is 5.38. The van der Waals surface area contributed by atoms with Crippen molar-refractivity contribution in [3.05, 3.63) is 75.7 Å². The van der Waals surface area contributed by atoms with E-state index < -0.39 is 0 Å². The van der Waals surface area contributed by atoms with Crippen molar-refractivity contribution < 1.29 is 4.79 Å². The van der Waals surface area contributed by atoms with Gasteiger partial charge in [-0.25, -0.2) is 0 Å². The molecule has 0 spiro atoms. The highest BCUT2D eigenvalue weighted by Gasteiger charge is 2.28. The minimum Gasteiger partial charge on any atom is -0.337 e. The molecule has 0 saturated carbocycles. The van der Waals surface area contributed by atoms with Crippen LogP contribution in [-0.4, -0.2) is 46.0 Å². The maximum atomic E-state index is 13.1. The summed E-state index contributed by atoms with van der Waals surface area (Å²) in [5.74, 6) is 0.350. The van der Waals surface area contributed by atoms with Gasteiger partial charge in [0.2, 0.25) is 0 Å². The summed E-state index contributed by atoms with van der Waals surface area (Å²) in [5, 5.41) is 9.48. The molecule has 1 saturated heterocycles. The van der Waals surface area contributed by atoms with Crippen LogP contribution in [0.5, 0.6) is 0 Å². The summed E-state index contributed by atoms with van der Waals surface area (Å²) < 4.78 is 0. The number of nitrogens with one attached hydrogen (secondary N) is 1. The number of rotatable bonds is 6. The number of H-pyrrole nitrogens is 1. The third-order valence-corrected chi connectivity index (χ3v) is 6.24. The number of amides is 1. The lowest BCUT2D eigenvalue weighted by Gasteiger charge is -2.32. The highest BCUT2D eigenvalue weighted by Crippen LogP contribution is 2.29. The fourth-order valence-corrected chi connectivity index (χ4v) is 4.72. The monoisotopic (exact) mass is 394 g/mol. The first-order chi connectivity index (χ1) is 13.7. The number of hydrogen-bond acceptors (Lipinski definition) is 4. The fraction of sp³-hybridized carbons (Fsp3) is 0.364. The second kappa shape index (κ2) is 8.71. The van der Waals surface area contributed by atoms with Crippen LogP contribution in [-0.2, 0) is 13.1 Å². The van der Waals surface area contributed by atoms with Crippen molar-refractivity contribution in [2.45, 2.75) is 31.8 Å².